The summed E-state index contributed by atoms with van der Waals surface area (Å²) in [6.07, 6.45) is 1.32. The number of hydrogen-bond donors (Lipinski definition) is 3. The molecule has 1 rings (SSSR count). The van der Waals surface area contributed by atoms with Crippen LogP contribution in [0.5, 0.6) is 0 Å². The van der Waals surface area contributed by atoms with Crippen LogP contribution < -0.4 is 16.4 Å². The van der Waals surface area contributed by atoms with E-state index >= 15 is 0 Å². The van der Waals surface area contributed by atoms with E-state index in [9.17, 15) is 9.59 Å². The van der Waals surface area contributed by atoms with Crippen LogP contribution in [0.1, 0.15) is 25.3 Å². The molecule has 0 radical (unpaired) electrons. The van der Waals surface area contributed by atoms with E-state index in [-0.39, 0.29) is 19.1 Å². The Morgan fingerprint density at radius 3 is 2.62 bits per heavy atom. The standard InChI is InChI=1S/C15H23N3O3/c1-2-3-9-17-14(19)13(16)10-18-15(20)21-11-12-7-5-4-6-8-12/h4-8,13H,2-3,9-11,16H2,1H3,(H,17,19)(H,18,20)/t13-/m0/s1. The highest BCUT2D eigenvalue weighted by Gasteiger charge is 2.14. The lowest BCUT2D eigenvalue weighted by Gasteiger charge is -2.13. The first kappa shape index (κ1) is 17.0. The number of nitrogens with one attached hydrogen (secondary N) is 2. The Balaban J connectivity index is 2.18. The summed E-state index contributed by atoms with van der Waals surface area (Å²) in [5.74, 6) is -0.271. The molecular formula is C15H23N3O3. The van der Waals surface area contributed by atoms with Crippen LogP contribution in [0.15, 0.2) is 30.3 Å². The Hall–Kier alpha value is -2.08. The molecule has 21 heavy (non-hydrogen) atoms. The number of carbonyl (C=O) groups excluding carboxylic acids is 2. The number of rotatable bonds is 8. The SMILES string of the molecule is CCCCNC(=O)[C@@H](N)CNC(=O)OCc1ccccc1. The molecule has 0 heterocycles. The molecule has 1 atom stereocenters. The first-order chi connectivity index (χ1) is 10.1. The van der Waals surface area contributed by atoms with Crippen molar-refractivity contribution in [3.8, 4) is 0 Å². The van der Waals surface area contributed by atoms with Gasteiger partial charge in [0.2, 0.25) is 5.91 Å². The highest BCUT2D eigenvalue weighted by Crippen LogP contribution is 2.00. The molecule has 0 spiro atoms. The van der Waals surface area contributed by atoms with Gasteiger partial charge in [0, 0.05) is 13.1 Å². The van der Waals surface area contributed by atoms with Crippen LogP contribution in [-0.4, -0.2) is 31.1 Å². The Bertz CT molecular complexity index is 437. The third-order valence-electron chi connectivity index (χ3n) is 2.85. The van der Waals surface area contributed by atoms with Gasteiger partial charge in [0.25, 0.3) is 0 Å². The molecule has 0 bridgehead atoms. The van der Waals surface area contributed by atoms with Gasteiger partial charge in [0.05, 0.1) is 0 Å². The summed E-state index contributed by atoms with van der Waals surface area (Å²) in [4.78, 5) is 23.1. The van der Waals surface area contributed by atoms with Crippen LogP contribution in [0.3, 0.4) is 0 Å². The molecule has 6 nitrogen and oxygen atoms in total. The lowest BCUT2D eigenvalue weighted by atomic mass is 10.2. The average Bonchev–Trinajstić information content (AvgIpc) is 2.51. The summed E-state index contributed by atoms with van der Waals surface area (Å²) >= 11 is 0. The van der Waals surface area contributed by atoms with E-state index in [1.54, 1.807) is 0 Å². The van der Waals surface area contributed by atoms with Crippen LogP contribution in [0.2, 0.25) is 0 Å². The van der Waals surface area contributed by atoms with E-state index in [0.717, 1.165) is 18.4 Å². The van der Waals surface area contributed by atoms with Gasteiger partial charge in [-0.1, -0.05) is 43.7 Å². The lowest BCUT2D eigenvalue weighted by molar-refractivity contribution is -0.122. The van der Waals surface area contributed by atoms with E-state index in [4.69, 9.17) is 10.5 Å². The van der Waals surface area contributed by atoms with Crippen molar-refractivity contribution in [1.29, 1.82) is 0 Å². The molecule has 2 amide bonds. The molecule has 1 aromatic rings. The van der Waals surface area contributed by atoms with E-state index in [0.29, 0.717) is 6.54 Å². The minimum Gasteiger partial charge on any atom is -0.445 e. The number of hydrogen-bond acceptors (Lipinski definition) is 4. The number of amides is 2. The van der Waals surface area contributed by atoms with Gasteiger partial charge < -0.3 is 21.1 Å². The molecule has 6 heteroatoms. The summed E-state index contributed by atoms with van der Waals surface area (Å²) in [6, 6.07) is 8.58. The zero-order chi connectivity index (χ0) is 15.5. The molecule has 1 aromatic carbocycles. The fourth-order valence-corrected chi connectivity index (χ4v) is 1.58. The number of unbranched alkanes of at least 4 members (excludes halogenated alkanes) is 1. The van der Waals surface area contributed by atoms with Crippen LogP contribution in [0, 0.1) is 0 Å². The van der Waals surface area contributed by atoms with E-state index in [1.165, 1.54) is 0 Å². The van der Waals surface area contributed by atoms with E-state index < -0.39 is 12.1 Å². The van der Waals surface area contributed by atoms with Gasteiger partial charge >= 0.3 is 6.09 Å². The average molecular weight is 293 g/mol. The lowest BCUT2D eigenvalue weighted by Crippen LogP contribution is -2.48. The topological polar surface area (TPSA) is 93.5 Å². The van der Waals surface area contributed by atoms with Crippen molar-refractivity contribution in [2.75, 3.05) is 13.1 Å². The summed E-state index contributed by atoms with van der Waals surface area (Å²) in [5.41, 5.74) is 6.57. The van der Waals surface area contributed by atoms with Gasteiger partial charge in [-0.2, -0.15) is 0 Å². The third-order valence-corrected chi connectivity index (χ3v) is 2.85. The van der Waals surface area contributed by atoms with Gasteiger partial charge in [-0.25, -0.2) is 4.79 Å². The van der Waals surface area contributed by atoms with Gasteiger partial charge in [-0.15, -0.1) is 0 Å². The van der Waals surface area contributed by atoms with Crippen molar-refractivity contribution in [2.45, 2.75) is 32.4 Å². The van der Waals surface area contributed by atoms with Gasteiger partial charge in [0.1, 0.15) is 12.6 Å². The molecule has 0 aliphatic carbocycles. The Morgan fingerprint density at radius 1 is 1.24 bits per heavy atom. The quantitative estimate of drug-likeness (QED) is 0.627. The van der Waals surface area contributed by atoms with Crippen molar-refractivity contribution in [3.05, 3.63) is 35.9 Å². The maximum atomic E-state index is 11.6. The van der Waals surface area contributed by atoms with Crippen LogP contribution in [-0.2, 0) is 16.1 Å². The maximum Gasteiger partial charge on any atom is 0.407 e. The first-order valence-electron chi connectivity index (χ1n) is 7.11. The molecule has 0 unspecified atom stereocenters. The maximum absolute atomic E-state index is 11.6. The predicted molar refractivity (Wildman–Crippen MR) is 80.5 cm³/mol. The number of alkyl carbamates (subject to hydrolysis) is 1. The Kier molecular flexibility index (Phi) is 7.89. The molecule has 0 saturated carbocycles. The predicted octanol–water partition coefficient (Wildman–Crippen LogP) is 1.16. The van der Waals surface area contributed by atoms with Crippen molar-refractivity contribution in [1.82, 2.24) is 10.6 Å². The second-order valence-electron chi connectivity index (χ2n) is 4.69. The zero-order valence-electron chi connectivity index (χ0n) is 12.3. The van der Waals surface area contributed by atoms with Gasteiger partial charge in [-0.3, -0.25) is 4.79 Å². The van der Waals surface area contributed by atoms with E-state index in [2.05, 4.69) is 10.6 Å². The summed E-state index contributed by atoms with van der Waals surface area (Å²) in [5, 5.41) is 5.19. The normalized spacial score (nSPS) is 11.5. The number of nitrogens with two attached hydrogens (primary N) is 1. The van der Waals surface area contributed by atoms with Gasteiger partial charge in [0.15, 0.2) is 0 Å². The summed E-state index contributed by atoms with van der Waals surface area (Å²) in [6.45, 7) is 2.87. The second kappa shape index (κ2) is 9.77. The Labute approximate surface area is 125 Å². The minimum absolute atomic E-state index is 0.0472. The van der Waals surface area contributed by atoms with Crippen molar-refractivity contribution >= 4 is 12.0 Å². The highest BCUT2D eigenvalue weighted by molar-refractivity contribution is 5.82. The van der Waals surface area contributed by atoms with Crippen LogP contribution in [0.25, 0.3) is 0 Å². The molecule has 4 N–H and O–H groups in total. The van der Waals surface area contributed by atoms with Crippen LogP contribution in [0.4, 0.5) is 4.79 Å². The number of benzene rings is 1. The minimum atomic E-state index is -0.772. The molecule has 116 valence electrons. The first-order valence-corrected chi connectivity index (χ1v) is 7.11. The molecule has 0 aliphatic rings. The smallest absolute Gasteiger partial charge is 0.407 e. The van der Waals surface area contributed by atoms with Crippen molar-refractivity contribution in [2.24, 2.45) is 5.73 Å². The highest BCUT2D eigenvalue weighted by atomic mass is 16.5. The van der Waals surface area contributed by atoms with Gasteiger partial charge in [-0.05, 0) is 12.0 Å². The number of carbonyl (C=O) groups is 2. The molecule has 0 aromatic heterocycles. The van der Waals surface area contributed by atoms with Crippen molar-refractivity contribution < 1.29 is 14.3 Å². The fraction of sp³-hybridized carbons (Fsp3) is 0.467. The van der Waals surface area contributed by atoms with Crippen molar-refractivity contribution in [3.63, 3.8) is 0 Å². The molecule has 0 aliphatic heterocycles. The third kappa shape index (κ3) is 7.31. The zero-order valence-corrected chi connectivity index (χ0v) is 12.3. The molecular weight excluding hydrogens is 270 g/mol. The summed E-state index contributed by atoms with van der Waals surface area (Å²) in [7, 11) is 0. The summed E-state index contributed by atoms with van der Waals surface area (Å²) < 4.78 is 5.02. The largest absolute Gasteiger partial charge is 0.445 e. The fourth-order valence-electron chi connectivity index (χ4n) is 1.58. The second-order valence-corrected chi connectivity index (χ2v) is 4.69. The monoisotopic (exact) mass is 293 g/mol. The molecule has 0 saturated heterocycles. The van der Waals surface area contributed by atoms with Crippen LogP contribution >= 0.6 is 0 Å². The molecule has 0 fully saturated rings. The van der Waals surface area contributed by atoms with E-state index in [1.807, 2.05) is 37.3 Å². The Morgan fingerprint density at radius 2 is 1.95 bits per heavy atom. The number of ether oxygens (including phenoxy) is 1.